The van der Waals surface area contributed by atoms with Gasteiger partial charge in [0.2, 0.25) is 10.0 Å². The fraction of sp³-hybridized carbons (Fsp3) is 0.111. The lowest BCUT2D eigenvalue weighted by Gasteiger charge is -1.94. The Kier molecular flexibility index (Phi) is 2.50. The molecule has 0 aliphatic carbocycles. The SMILES string of the molecule is Cc1c(S(N)(=O)=O)sc2ccc(Cl)cc12. The lowest BCUT2D eigenvalue weighted by atomic mass is 10.2. The first-order valence-electron chi connectivity index (χ1n) is 4.11. The minimum Gasteiger partial charge on any atom is -0.224 e. The van der Waals surface area contributed by atoms with Gasteiger partial charge >= 0.3 is 0 Å². The van der Waals surface area contributed by atoms with Crippen molar-refractivity contribution in [1.82, 2.24) is 0 Å². The molecule has 0 spiro atoms. The highest BCUT2D eigenvalue weighted by molar-refractivity contribution is 7.91. The van der Waals surface area contributed by atoms with E-state index in [-0.39, 0.29) is 4.21 Å². The van der Waals surface area contributed by atoms with E-state index in [4.69, 9.17) is 16.7 Å². The Morgan fingerprint density at radius 3 is 2.67 bits per heavy atom. The van der Waals surface area contributed by atoms with Crippen LogP contribution < -0.4 is 5.14 Å². The molecule has 0 radical (unpaired) electrons. The van der Waals surface area contributed by atoms with E-state index in [0.717, 1.165) is 10.1 Å². The monoisotopic (exact) mass is 261 g/mol. The van der Waals surface area contributed by atoms with Crippen LogP contribution in [0.5, 0.6) is 0 Å². The zero-order valence-electron chi connectivity index (χ0n) is 7.82. The molecule has 15 heavy (non-hydrogen) atoms. The molecule has 6 heteroatoms. The topological polar surface area (TPSA) is 60.2 Å². The van der Waals surface area contributed by atoms with Gasteiger partial charge in [0.1, 0.15) is 4.21 Å². The molecule has 3 nitrogen and oxygen atoms in total. The summed E-state index contributed by atoms with van der Waals surface area (Å²) in [5.74, 6) is 0. The zero-order valence-corrected chi connectivity index (χ0v) is 10.2. The average Bonchev–Trinajstić information content (AvgIpc) is 2.43. The van der Waals surface area contributed by atoms with Crippen LogP contribution in [0, 0.1) is 6.92 Å². The quantitative estimate of drug-likeness (QED) is 0.857. The molecule has 0 saturated heterocycles. The maximum absolute atomic E-state index is 11.3. The van der Waals surface area contributed by atoms with Crippen LogP contribution in [0.2, 0.25) is 5.02 Å². The van der Waals surface area contributed by atoms with Crippen molar-refractivity contribution in [1.29, 1.82) is 0 Å². The molecule has 0 atom stereocenters. The molecule has 0 fully saturated rings. The first kappa shape index (κ1) is 10.9. The molecular formula is C9H8ClNO2S2. The third kappa shape index (κ3) is 1.88. The Hall–Kier alpha value is -0.620. The molecule has 0 unspecified atom stereocenters. The first-order chi connectivity index (χ1) is 6.89. The summed E-state index contributed by atoms with van der Waals surface area (Å²) in [5, 5.41) is 6.54. The summed E-state index contributed by atoms with van der Waals surface area (Å²) in [6.45, 7) is 1.73. The van der Waals surface area contributed by atoms with Crippen LogP contribution in [0.1, 0.15) is 5.56 Å². The summed E-state index contributed by atoms with van der Waals surface area (Å²) in [6.07, 6.45) is 0. The van der Waals surface area contributed by atoms with Crippen molar-refractivity contribution in [3.63, 3.8) is 0 Å². The fourth-order valence-corrected chi connectivity index (χ4v) is 3.81. The average molecular weight is 262 g/mol. The Balaban J connectivity index is 2.87. The molecule has 80 valence electrons. The Morgan fingerprint density at radius 1 is 1.40 bits per heavy atom. The van der Waals surface area contributed by atoms with Gasteiger partial charge in [-0.25, -0.2) is 13.6 Å². The number of primary sulfonamides is 1. The van der Waals surface area contributed by atoms with Crippen molar-refractivity contribution in [2.75, 3.05) is 0 Å². The number of aryl methyl sites for hydroxylation is 1. The van der Waals surface area contributed by atoms with Crippen molar-refractivity contribution in [3.8, 4) is 0 Å². The lowest BCUT2D eigenvalue weighted by Crippen LogP contribution is -2.11. The summed E-state index contributed by atoms with van der Waals surface area (Å²) in [5.41, 5.74) is 0.667. The van der Waals surface area contributed by atoms with Crippen LogP contribution in [0.3, 0.4) is 0 Å². The Bertz CT molecular complexity index is 631. The smallest absolute Gasteiger partial charge is 0.224 e. The predicted octanol–water partition coefficient (Wildman–Crippen LogP) is 2.51. The van der Waals surface area contributed by atoms with Gasteiger partial charge < -0.3 is 0 Å². The van der Waals surface area contributed by atoms with Crippen LogP contribution in [-0.2, 0) is 10.0 Å². The predicted molar refractivity (Wildman–Crippen MR) is 62.9 cm³/mol. The number of rotatable bonds is 1. The van der Waals surface area contributed by atoms with E-state index in [1.54, 1.807) is 25.1 Å². The van der Waals surface area contributed by atoms with E-state index in [1.807, 2.05) is 0 Å². The number of nitrogens with two attached hydrogens (primary N) is 1. The van der Waals surface area contributed by atoms with Crippen LogP contribution in [-0.4, -0.2) is 8.42 Å². The second kappa shape index (κ2) is 3.45. The minimum absolute atomic E-state index is 0.208. The summed E-state index contributed by atoms with van der Waals surface area (Å²) in [4.78, 5) is 0. The van der Waals surface area contributed by atoms with Gasteiger partial charge in [0, 0.05) is 9.72 Å². The Labute approximate surface area is 96.5 Å². The van der Waals surface area contributed by atoms with Crippen LogP contribution >= 0.6 is 22.9 Å². The molecular weight excluding hydrogens is 254 g/mol. The summed E-state index contributed by atoms with van der Waals surface area (Å²) < 4.78 is 23.6. The molecule has 0 aliphatic heterocycles. The molecule has 1 heterocycles. The van der Waals surface area contributed by atoms with Crippen LogP contribution in [0.4, 0.5) is 0 Å². The standard InChI is InChI=1S/C9H8ClNO2S2/c1-5-7-4-6(10)2-3-8(7)14-9(5)15(11,12)13/h2-4H,1H3,(H2,11,12,13). The van der Waals surface area contributed by atoms with E-state index in [0.29, 0.717) is 10.6 Å². The van der Waals surface area contributed by atoms with Gasteiger partial charge in [-0.3, -0.25) is 0 Å². The summed E-state index contributed by atoms with van der Waals surface area (Å²) in [7, 11) is -3.63. The molecule has 0 saturated carbocycles. The second-order valence-electron chi connectivity index (χ2n) is 3.20. The van der Waals surface area contributed by atoms with Gasteiger partial charge in [0.05, 0.1) is 0 Å². The molecule has 2 N–H and O–H groups in total. The fourth-order valence-electron chi connectivity index (χ4n) is 1.44. The van der Waals surface area contributed by atoms with E-state index in [2.05, 4.69) is 0 Å². The van der Waals surface area contributed by atoms with Gasteiger partial charge in [0.25, 0.3) is 0 Å². The third-order valence-corrected chi connectivity index (χ3v) is 5.19. The van der Waals surface area contributed by atoms with Crippen molar-refractivity contribution < 1.29 is 8.42 Å². The Morgan fingerprint density at radius 2 is 2.07 bits per heavy atom. The number of benzene rings is 1. The maximum atomic E-state index is 11.3. The number of fused-ring (bicyclic) bond motifs is 1. The maximum Gasteiger partial charge on any atom is 0.247 e. The first-order valence-corrected chi connectivity index (χ1v) is 6.85. The second-order valence-corrected chi connectivity index (χ2v) is 6.45. The molecule has 0 bridgehead atoms. The van der Waals surface area contributed by atoms with E-state index in [9.17, 15) is 8.42 Å². The zero-order chi connectivity index (χ0) is 11.2. The lowest BCUT2D eigenvalue weighted by molar-refractivity contribution is 0.599. The molecule has 0 aliphatic rings. The number of hydrogen-bond acceptors (Lipinski definition) is 3. The normalized spacial score (nSPS) is 12.2. The number of halogens is 1. The van der Waals surface area contributed by atoms with Crippen molar-refractivity contribution in [2.45, 2.75) is 11.1 Å². The third-order valence-electron chi connectivity index (χ3n) is 2.11. The van der Waals surface area contributed by atoms with Gasteiger partial charge in [-0.15, -0.1) is 11.3 Å². The number of thiophene rings is 1. The van der Waals surface area contributed by atoms with Gasteiger partial charge in [-0.2, -0.15) is 0 Å². The molecule has 2 rings (SSSR count). The molecule has 1 aromatic carbocycles. The highest BCUT2D eigenvalue weighted by Crippen LogP contribution is 2.34. The molecule has 1 aromatic heterocycles. The van der Waals surface area contributed by atoms with Gasteiger partial charge in [0.15, 0.2) is 0 Å². The van der Waals surface area contributed by atoms with E-state index in [1.165, 1.54) is 11.3 Å². The largest absolute Gasteiger partial charge is 0.247 e. The number of hydrogen-bond donors (Lipinski definition) is 1. The van der Waals surface area contributed by atoms with Gasteiger partial charge in [-0.05, 0) is 36.1 Å². The highest BCUT2D eigenvalue weighted by atomic mass is 35.5. The summed E-state index contributed by atoms with van der Waals surface area (Å²) in [6, 6.07) is 5.27. The van der Waals surface area contributed by atoms with Crippen LogP contribution in [0.15, 0.2) is 22.4 Å². The number of sulfonamides is 1. The summed E-state index contributed by atoms with van der Waals surface area (Å²) >= 11 is 7.01. The van der Waals surface area contributed by atoms with Gasteiger partial charge in [-0.1, -0.05) is 11.6 Å². The minimum atomic E-state index is -3.63. The molecule has 0 amide bonds. The van der Waals surface area contributed by atoms with E-state index >= 15 is 0 Å². The highest BCUT2D eigenvalue weighted by Gasteiger charge is 2.17. The van der Waals surface area contributed by atoms with E-state index < -0.39 is 10.0 Å². The molecule has 2 aromatic rings. The van der Waals surface area contributed by atoms with Crippen molar-refractivity contribution >= 4 is 43.0 Å². The van der Waals surface area contributed by atoms with Crippen molar-refractivity contribution in [3.05, 3.63) is 28.8 Å². The van der Waals surface area contributed by atoms with Crippen molar-refractivity contribution in [2.24, 2.45) is 5.14 Å². The van der Waals surface area contributed by atoms with Crippen LogP contribution in [0.25, 0.3) is 10.1 Å².